The van der Waals surface area contributed by atoms with E-state index in [-0.39, 0.29) is 18.0 Å². The summed E-state index contributed by atoms with van der Waals surface area (Å²) in [6.07, 6.45) is 2.80. The zero-order valence-corrected chi connectivity index (χ0v) is 19.9. The third kappa shape index (κ3) is 3.24. The van der Waals surface area contributed by atoms with Crippen LogP contribution in [0, 0.1) is 12.8 Å². The van der Waals surface area contributed by atoms with Gasteiger partial charge in [0, 0.05) is 16.8 Å². The quantitative estimate of drug-likeness (QED) is 0.503. The molecule has 3 amide bonds. The van der Waals surface area contributed by atoms with Gasteiger partial charge in [-0.05, 0) is 73.1 Å². The van der Waals surface area contributed by atoms with Crippen LogP contribution in [-0.2, 0) is 11.3 Å². The number of thioether (sulfide) groups is 1. The molecule has 7 nitrogen and oxygen atoms in total. The zero-order valence-electron chi connectivity index (χ0n) is 18.3. The molecule has 9 heteroatoms. The van der Waals surface area contributed by atoms with Crippen molar-refractivity contribution in [2.24, 2.45) is 5.92 Å². The summed E-state index contributed by atoms with van der Waals surface area (Å²) in [7, 11) is 0. The lowest BCUT2D eigenvalue weighted by atomic mass is 9.96. The van der Waals surface area contributed by atoms with Crippen LogP contribution in [-0.4, -0.2) is 30.9 Å². The van der Waals surface area contributed by atoms with E-state index in [9.17, 15) is 14.4 Å². The predicted molar refractivity (Wildman–Crippen MR) is 131 cm³/mol. The molecule has 0 fully saturated rings. The Labute approximate surface area is 204 Å². The number of fused-ring (bicyclic) bond motifs is 3. The molecule has 2 aromatic heterocycles. The van der Waals surface area contributed by atoms with Crippen LogP contribution in [0.25, 0.3) is 5.65 Å². The fourth-order valence-electron chi connectivity index (χ4n) is 4.98. The summed E-state index contributed by atoms with van der Waals surface area (Å²) in [5, 5.41) is 1.24. The van der Waals surface area contributed by atoms with Crippen molar-refractivity contribution in [3.05, 3.63) is 85.8 Å². The average molecular weight is 492 g/mol. The molecule has 2 aliphatic heterocycles. The van der Waals surface area contributed by atoms with E-state index < -0.39 is 11.9 Å². The maximum Gasteiger partial charge on any atom is 0.506 e. The number of halogens is 1. The Morgan fingerprint density at radius 1 is 1.12 bits per heavy atom. The van der Waals surface area contributed by atoms with Gasteiger partial charge in [-0.3, -0.25) is 9.20 Å². The van der Waals surface area contributed by atoms with Crippen molar-refractivity contribution in [2.45, 2.75) is 32.7 Å². The molecule has 1 unspecified atom stereocenters. The molecule has 1 atom stereocenters. The maximum atomic E-state index is 13.7. The van der Waals surface area contributed by atoms with Crippen molar-refractivity contribution < 1.29 is 14.2 Å². The monoisotopic (exact) mass is 491 g/mol. The average Bonchev–Trinajstić information content (AvgIpc) is 3.39. The number of aromatic nitrogens is 2. The van der Waals surface area contributed by atoms with E-state index in [4.69, 9.17) is 11.6 Å². The Bertz CT molecular complexity index is 1520. The molecule has 1 aliphatic carbocycles. The molecule has 0 saturated carbocycles. The number of rotatable bonds is 3. The van der Waals surface area contributed by atoms with E-state index in [0.29, 0.717) is 22.1 Å². The van der Waals surface area contributed by atoms with Gasteiger partial charge in [0.2, 0.25) is 0 Å². The Kier molecular flexibility index (Phi) is 4.97. The second kappa shape index (κ2) is 7.92. The third-order valence-corrected chi connectivity index (χ3v) is 8.15. The Balaban J connectivity index is 1.48. The van der Waals surface area contributed by atoms with Crippen LogP contribution in [0.4, 0.5) is 10.5 Å². The van der Waals surface area contributed by atoms with E-state index >= 15 is 0 Å². The van der Waals surface area contributed by atoms with Crippen LogP contribution in [0.3, 0.4) is 0 Å². The van der Waals surface area contributed by atoms with Crippen LogP contribution in [0.2, 0.25) is 5.02 Å². The first-order valence-electron chi connectivity index (χ1n) is 11.1. The number of anilines is 1. The molecule has 1 aromatic carbocycles. The van der Waals surface area contributed by atoms with Gasteiger partial charge in [0.25, 0.3) is 5.56 Å². The molecule has 170 valence electrons. The number of aryl methyl sites for hydroxylation is 1. The molecule has 3 aromatic rings. The zero-order chi connectivity index (χ0) is 23.6. The van der Waals surface area contributed by atoms with E-state index in [2.05, 4.69) is 4.98 Å². The van der Waals surface area contributed by atoms with Crippen molar-refractivity contribution >= 4 is 51.7 Å². The summed E-state index contributed by atoms with van der Waals surface area (Å²) in [6, 6.07) is 13.2. The van der Waals surface area contributed by atoms with Crippen LogP contribution < -0.4 is 10.5 Å². The van der Waals surface area contributed by atoms with Gasteiger partial charge in [-0.25, -0.2) is 9.78 Å². The SMILES string of the molecule is Cc1cccc2nc(C[N+]3=C4SC5=C(CCC5)C4C(=O)N(c4ccc(Cl)cc4)C3=O)cc(=O)n12. The van der Waals surface area contributed by atoms with Gasteiger partial charge >= 0.3 is 11.9 Å². The topological polar surface area (TPSA) is 74.8 Å². The highest BCUT2D eigenvalue weighted by atomic mass is 35.5. The lowest BCUT2D eigenvalue weighted by molar-refractivity contribution is -0.444. The van der Waals surface area contributed by atoms with Crippen molar-refractivity contribution in [3.8, 4) is 0 Å². The maximum absolute atomic E-state index is 13.7. The number of amides is 3. The number of nitrogens with zero attached hydrogens (tertiary/aromatic N) is 4. The molecule has 0 N–H and O–H groups in total. The molecule has 6 rings (SSSR count). The van der Waals surface area contributed by atoms with E-state index in [1.807, 2.05) is 19.1 Å². The van der Waals surface area contributed by atoms with Crippen molar-refractivity contribution in [3.63, 3.8) is 0 Å². The molecular formula is C25H20ClN4O3S+. The first kappa shape index (κ1) is 21.3. The molecular weight excluding hydrogens is 472 g/mol. The van der Waals surface area contributed by atoms with Gasteiger partial charge in [-0.15, -0.1) is 4.90 Å². The minimum atomic E-state index is -0.473. The van der Waals surface area contributed by atoms with Crippen molar-refractivity contribution in [1.82, 2.24) is 9.38 Å². The second-order valence-corrected chi connectivity index (χ2v) is 10.2. The summed E-state index contributed by atoms with van der Waals surface area (Å²) >= 11 is 7.57. The third-order valence-electron chi connectivity index (χ3n) is 6.52. The summed E-state index contributed by atoms with van der Waals surface area (Å²) in [5.74, 6) is -0.709. The Hall–Kier alpha value is -3.23. The second-order valence-electron chi connectivity index (χ2n) is 8.64. The minimum Gasteiger partial charge on any atom is -0.269 e. The number of urea groups is 1. The minimum absolute atomic E-state index is 0.106. The fraction of sp³-hybridized carbons (Fsp3) is 0.240. The predicted octanol–water partition coefficient (Wildman–Crippen LogP) is 4.54. The largest absolute Gasteiger partial charge is 0.506 e. The van der Waals surface area contributed by atoms with Crippen LogP contribution in [0.5, 0.6) is 0 Å². The number of benzene rings is 1. The lowest BCUT2D eigenvalue weighted by Gasteiger charge is -2.25. The van der Waals surface area contributed by atoms with Crippen LogP contribution in [0.1, 0.15) is 30.7 Å². The Morgan fingerprint density at radius 3 is 2.71 bits per heavy atom. The standard InChI is InChI=1S/C25H20ClN4O3S/c1-14-4-2-7-20-27-16(12-21(31)29(14)20)13-28-24-22(18-5-3-6-19(18)34-24)23(32)30(25(28)33)17-10-8-15(26)9-11-17/h2,4,7-12,22H,3,5-6,13H2,1H3/q+1. The summed E-state index contributed by atoms with van der Waals surface area (Å²) in [6.45, 7) is 1.96. The van der Waals surface area contributed by atoms with E-state index in [1.54, 1.807) is 39.3 Å². The Morgan fingerprint density at radius 2 is 1.91 bits per heavy atom. The molecule has 0 radical (unpaired) electrons. The number of allylic oxidation sites excluding steroid dienone is 1. The highest BCUT2D eigenvalue weighted by molar-refractivity contribution is 8.17. The first-order chi connectivity index (χ1) is 16.4. The normalized spacial score (nSPS) is 19.9. The van der Waals surface area contributed by atoms with Crippen LogP contribution >= 0.6 is 23.4 Å². The number of hydrogen-bond donors (Lipinski definition) is 0. The molecule has 0 spiro atoms. The van der Waals surface area contributed by atoms with Gasteiger partial charge in [-0.2, -0.15) is 9.37 Å². The number of imide groups is 1. The number of hydrogen-bond acceptors (Lipinski definition) is 5. The highest BCUT2D eigenvalue weighted by Crippen LogP contribution is 2.49. The number of pyridine rings is 1. The summed E-state index contributed by atoms with van der Waals surface area (Å²) in [5.41, 5.74) is 3.18. The fourth-order valence-corrected chi connectivity index (χ4v) is 6.57. The number of carbonyl (C=O) groups excluding carboxylic acids is 2. The van der Waals surface area contributed by atoms with Gasteiger partial charge in [0.15, 0.2) is 11.0 Å². The van der Waals surface area contributed by atoms with Gasteiger partial charge in [-0.1, -0.05) is 29.4 Å². The molecule has 0 saturated heterocycles. The summed E-state index contributed by atoms with van der Waals surface area (Å²) < 4.78 is 3.15. The number of carbonyl (C=O) groups is 2. The van der Waals surface area contributed by atoms with Crippen LogP contribution in [0.15, 0.2) is 63.8 Å². The molecule has 4 heterocycles. The van der Waals surface area contributed by atoms with Gasteiger partial charge in [0.1, 0.15) is 17.9 Å². The van der Waals surface area contributed by atoms with Crippen molar-refractivity contribution in [2.75, 3.05) is 4.90 Å². The van der Waals surface area contributed by atoms with E-state index in [1.165, 1.54) is 27.6 Å². The van der Waals surface area contributed by atoms with Crippen molar-refractivity contribution in [1.29, 1.82) is 0 Å². The smallest absolute Gasteiger partial charge is 0.269 e. The highest BCUT2D eigenvalue weighted by Gasteiger charge is 2.54. The molecule has 3 aliphatic rings. The van der Waals surface area contributed by atoms with Gasteiger partial charge < -0.3 is 0 Å². The molecule has 34 heavy (non-hydrogen) atoms. The molecule has 0 bridgehead atoms. The summed E-state index contributed by atoms with van der Waals surface area (Å²) in [4.78, 5) is 47.2. The lowest BCUT2D eigenvalue weighted by Crippen LogP contribution is -2.53. The first-order valence-corrected chi connectivity index (χ1v) is 12.3. The van der Waals surface area contributed by atoms with Gasteiger partial charge in [0.05, 0.1) is 5.69 Å². The van der Waals surface area contributed by atoms with E-state index in [0.717, 1.165) is 35.6 Å².